The third-order valence-corrected chi connectivity index (χ3v) is 7.59. The second kappa shape index (κ2) is 12.5. The fourth-order valence-electron chi connectivity index (χ4n) is 5.20. The number of fused-ring (bicyclic) bond motifs is 1. The lowest BCUT2D eigenvalue weighted by atomic mass is 10.0. The summed E-state index contributed by atoms with van der Waals surface area (Å²) in [6.45, 7) is 6.19. The van der Waals surface area contributed by atoms with Gasteiger partial charge in [-0.15, -0.1) is 0 Å². The molecule has 11 nitrogen and oxygen atoms in total. The Labute approximate surface area is 256 Å². The van der Waals surface area contributed by atoms with Crippen LogP contribution in [-0.2, 0) is 19.2 Å². The van der Waals surface area contributed by atoms with Crippen LogP contribution in [0.3, 0.4) is 0 Å². The molecule has 5 rings (SSSR count). The first-order valence-corrected chi connectivity index (χ1v) is 14.5. The third kappa shape index (κ3) is 6.15. The lowest BCUT2D eigenvalue weighted by Crippen LogP contribution is -2.28. The molecule has 0 aliphatic carbocycles. The van der Waals surface area contributed by atoms with Crippen LogP contribution < -0.4 is 10.1 Å². The molecule has 3 aromatic heterocycles. The highest BCUT2D eigenvalue weighted by atomic mass is 16.5. The Bertz CT molecular complexity index is 1800. The van der Waals surface area contributed by atoms with Crippen molar-refractivity contribution in [3.63, 3.8) is 0 Å². The van der Waals surface area contributed by atoms with Gasteiger partial charge in [-0.25, -0.2) is 9.97 Å². The molecule has 0 spiro atoms. The van der Waals surface area contributed by atoms with Gasteiger partial charge in [-0.2, -0.15) is 9.61 Å². The van der Waals surface area contributed by atoms with Crippen molar-refractivity contribution < 1.29 is 19.7 Å². The number of benzene rings is 2. The molecule has 3 N–H and O–H groups in total. The Morgan fingerprint density at radius 1 is 1.14 bits per heavy atom. The molecule has 0 saturated heterocycles. The third-order valence-electron chi connectivity index (χ3n) is 7.59. The van der Waals surface area contributed by atoms with Crippen LogP contribution in [0.1, 0.15) is 47.6 Å². The monoisotopic (exact) mass is 597 g/mol. The van der Waals surface area contributed by atoms with Crippen LogP contribution in [0.15, 0.2) is 60.9 Å². The van der Waals surface area contributed by atoms with Crippen LogP contribution in [0.5, 0.6) is 5.75 Å². The van der Waals surface area contributed by atoms with E-state index < -0.39 is 5.60 Å². The molecule has 3 heterocycles. The van der Waals surface area contributed by atoms with E-state index in [1.54, 1.807) is 48.6 Å². The number of anilines is 1. The smallest absolute Gasteiger partial charge is 0.257 e. The predicted octanol–water partition coefficient (Wildman–Crippen LogP) is 4.41. The normalized spacial score (nSPS) is 11.6. The minimum atomic E-state index is -1.22. The highest BCUT2D eigenvalue weighted by Crippen LogP contribution is 2.34. The van der Waals surface area contributed by atoms with Crippen molar-refractivity contribution in [2.75, 3.05) is 32.6 Å². The summed E-state index contributed by atoms with van der Waals surface area (Å²) in [5.74, 6) is 1.78. The Hall–Kier alpha value is -4.74. The second-order valence-electron chi connectivity index (χ2n) is 11.4. The molecule has 0 aliphatic heterocycles. The van der Waals surface area contributed by atoms with Crippen LogP contribution in [0.2, 0.25) is 0 Å². The van der Waals surface area contributed by atoms with E-state index in [9.17, 15) is 15.0 Å². The van der Waals surface area contributed by atoms with Crippen LogP contribution in [-0.4, -0.2) is 72.5 Å². The Morgan fingerprint density at radius 2 is 1.93 bits per heavy atom. The van der Waals surface area contributed by atoms with E-state index in [1.165, 1.54) is 7.11 Å². The molecular formula is C33H39N7O4. The number of aromatic nitrogens is 5. The lowest BCUT2D eigenvalue weighted by molar-refractivity contribution is 0.0739. The van der Waals surface area contributed by atoms with E-state index >= 15 is 0 Å². The van der Waals surface area contributed by atoms with Crippen LogP contribution in [0, 0.1) is 6.92 Å². The number of aliphatic hydroxyl groups excluding tert-OH is 1. The first-order chi connectivity index (χ1) is 21.0. The number of nitrogens with one attached hydrogen (secondary N) is 1. The zero-order chi connectivity index (χ0) is 31.6. The average Bonchev–Trinajstić information content (AvgIpc) is 3.59. The number of imidazole rings is 1. The number of carbonyl (C=O) groups is 1. The number of aliphatic hydroxyl groups is 2. The molecule has 44 heavy (non-hydrogen) atoms. The van der Waals surface area contributed by atoms with Crippen molar-refractivity contribution in [3.05, 3.63) is 83.4 Å². The fourth-order valence-corrected chi connectivity index (χ4v) is 5.20. The minimum absolute atomic E-state index is 0.00246. The summed E-state index contributed by atoms with van der Waals surface area (Å²) in [5, 5.41) is 28.6. The van der Waals surface area contributed by atoms with Gasteiger partial charge in [0, 0.05) is 63.4 Å². The van der Waals surface area contributed by atoms with Crippen LogP contribution in [0.4, 0.5) is 5.82 Å². The van der Waals surface area contributed by atoms with Gasteiger partial charge >= 0.3 is 0 Å². The first-order valence-electron chi connectivity index (χ1n) is 14.5. The van der Waals surface area contributed by atoms with Gasteiger partial charge in [0.1, 0.15) is 23.0 Å². The summed E-state index contributed by atoms with van der Waals surface area (Å²) in [6, 6.07) is 15.4. The van der Waals surface area contributed by atoms with Gasteiger partial charge in [-0.3, -0.25) is 4.79 Å². The predicted molar refractivity (Wildman–Crippen MR) is 170 cm³/mol. The first kappa shape index (κ1) is 30.7. The van der Waals surface area contributed by atoms with Crippen molar-refractivity contribution in [1.82, 2.24) is 29.0 Å². The van der Waals surface area contributed by atoms with Gasteiger partial charge < -0.3 is 29.7 Å². The number of aryl methyl sites for hydroxylation is 2. The lowest BCUT2D eigenvalue weighted by Gasteiger charge is -2.20. The summed E-state index contributed by atoms with van der Waals surface area (Å²) in [6.07, 6.45) is 4.17. The fraction of sp³-hybridized carbons (Fsp3) is 0.333. The number of carbonyl (C=O) groups excluding carboxylic acids is 1. The quantitative estimate of drug-likeness (QED) is 0.204. The molecule has 2 aromatic carbocycles. The Balaban J connectivity index is 1.56. The highest BCUT2D eigenvalue weighted by molar-refractivity contribution is 5.99. The van der Waals surface area contributed by atoms with E-state index in [0.29, 0.717) is 53.7 Å². The summed E-state index contributed by atoms with van der Waals surface area (Å²) >= 11 is 0. The number of amides is 1. The van der Waals surface area contributed by atoms with Crippen LogP contribution >= 0.6 is 0 Å². The Morgan fingerprint density at radius 3 is 2.61 bits per heavy atom. The maximum atomic E-state index is 13.4. The standard InChI is InChI=1S/C33H39N7O4/c1-21-29(23-11-12-26(44-6)25(18-23)32(42)39(5)14-8-16-41)31-36-27(33(2,3)43)19-28(40(31)37-21)35-20-22-9-7-10-24(17-22)30-34-13-15-38(30)4/h7,9-13,15,17-19,35,41,43H,8,14,16,20H2,1-6H3. The van der Waals surface area contributed by atoms with Crippen molar-refractivity contribution in [2.24, 2.45) is 7.05 Å². The number of hydrogen-bond acceptors (Lipinski definition) is 8. The van der Waals surface area contributed by atoms with Gasteiger partial charge in [-0.05, 0) is 56.5 Å². The molecule has 230 valence electrons. The Kier molecular flexibility index (Phi) is 8.70. The molecular weight excluding hydrogens is 558 g/mol. The molecule has 0 aliphatic rings. The number of hydrogen-bond donors (Lipinski definition) is 3. The molecule has 0 saturated carbocycles. The molecule has 5 aromatic rings. The van der Waals surface area contributed by atoms with Crippen LogP contribution in [0.25, 0.3) is 28.2 Å². The maximum absolute atomic E-state index is 13.4. The number of ether oxygens (including phenoxy) is 1. The molecule has 0 atom stereocenters. The van der Waals surface area contributed by atoms with Crippen molar-refractivity contribution in [1.29, 1.82) is 0 Å². The van der Waals surface area contributed by atoms with E-state index in [2.05, 4.69) is 16.4 Å². The van der Waals surface area contributed by atoms with E-state index in [-0.39, 0.29) is 12.5 Å². The zero-order valence-corrected chi connectivity index (χ0v) is 26.0. The molecule has 11 heteroatoms. The minimum Gasteiger partial charge on any atom is -0.496 e. The summed E-state index contributed by atoms with van der Waals surface area (Å²) in [4.78, 5) is 24.2. The highest BCUT2D eigenvalue weighted by Gasteiger charge is 2.25. The summed E-state index contributed by atoms with van der Waals surface area (Å²) in [7, 11) is 5.20. The molecule has 0 unspecified atom stereocenters. The van der Waals surface area contributed by atoms with E-state index in [4.69, 9.17) is 14.8 Å². The van der Waals surface area contributed by atoms with Crippen molar-refractivity contribution in [3.8, 4) is 28.3 Å². The van der Waals surface area contributed by atoms with Gasteiger partial charge in [-0.1, -0.05) is 24.3 Å². The van der Waals surface area contributed by atoms with Crippen molar-refractivity contribution >= 4 is 17.4 Å². The molecule has 0 bridgehead atoms. The van der Waals surface area contributed by atoms with Gasteiger partial charge in [0.15, 0.2) is 5.65 Å². The number of rotatable bonds is 11. The summed E-state index contributed by atoms with van der Waals surface area (Å²) in [5.41, 5.74) is 4.45. The second-order valence-corrected chi connectivity index (χ2v) is 11.4. The number of nitrogens with zero attached hydrogens (tertiary/aromatic N) is 6. The molecule has 0 radical (unpaired) electrons. The average molecular weight is 598 g/mol. The van der Waals surface area contributed by atoms with Gasteiger partial charge in [0.2, 0.25) is 0 Å². The van der Waals surface area contributed by atoms with Gasteiger partial charge in [0.25, 0.3) is 5.91 Å². The largest absolute Gasteiger partial charge is 0.496 e. The van der Waals surface area contributed by atoms with E-state index in [0.717, 1.165) is 28.1 Å². The zero-order valence-electron chi connectivity index (χ0n) is 26.0. The molecule has 1 amide bonds. The topological polar surface area (TPSA) is 130 Å². The van der Waals surface area contributed by atoms with Gasteiger partial charge in [0.05, 0.1) is 24.1 Å². The van der Waals surface area contributed by atoms with Crippen molar-refractivity contribution in [2.45, 2.75) is 39.3 Å². The number of methoxy groups -OCH3 is 1. The SMILES string of the molecule is COc1ccc(-c2c(C)nn3c(NCc4cccc(-c5nccn5C)c4)cc(C(C)(C)O)nc23)cc1C(=O)N(C)CCCO. The maximum Gasteiger partial charge on any atom is 0.257 e. The van der Waals surface area contributed by atoms with E-state index in [1.807, 2.05) is 55.1 Å². The molecule has 0 fully saturated rings. The summed E-state index contributed by atoms with van der Waals surface area (Å²) < 4.78 is 9.24.